The van der Waals surface area contributed by atoms with Crippen LogP contribution in [-0.4, -0.2) is 61.9 Å². The molecule has 2 heterocycles. The van der Waals surface area contributed by atoms with Crippen LogP contribution < -0.4 is 14.8 Å². The lowest BCUT2D eigenvalue weighted by Crippen LogP contribution is -2.45. The zero-order valence-electron chi connectivity index (χ0n) is 15.3. The van der Waals surface area contributed by atoms with E-state index >= 15 is 0 Å². The van der Waals surface area contributed by atoms with E-state index in [4.69, 9.17) is 9.47 Å². The molecule has 0 bridgehead atoms. The molecule has 6 heteroatoms. The molecular weight excluding hydrogens is 318 g/mol. The van der Waals surface area contributed by atoms with E-state index in [1.54, 1.807) is 0 Å². The minimum atomic E-state index is 0.115. The van der Waals surface area contributed by atoms with Gasteiger partial charge in [-0.05, 0) is 64.0 Å². The van der Waals surface area contributed by atoms with Gasteiger partial charge in [0.15, 0.2) is 11.5 Å². The number of nitrogens with zero attached hydrogens (tertiary/aromatic N) is 2. The monoisotopic (exact) mass is 347 g/mol. The molecule has 2 aliphatic heterocycles. The van der Waals surface area contributed by atoms with E-state index in [0.717, 1.165) is 31.0 Å². The molecule has 1 N–H and O–H groups in total. The second kappa shape index (κ2) is 8.54. The number of carbonyl (C=O) groups is 1. The number of likely N-dealkylation sites (N-methyl/N-ethyl adjacent to an activating group) is 1. The number of rotatable bonds is 7. The Bertz CT molecular complexity index is 587. The van der Waals surface area contributed by atoms with E-state index in [2.05, 4.69) is 28.1 Å². The van der Waals surface area contributed by atoms with Crippen LogP contribution in [0.15, 0.2) is 18.2 Å². The van der Waals surface area contributed by atoms with Gasteiger partial charge in [0.2, 0.25) is 12.7 Å². The lowest BCUT2D eigenvalue weighted by molar-refractivity contribution is -0.123. The van der Waals surface area contributed by atoms with Crippen LogP contribution in [0.4, 0.5) is 0 Å². The Morgan fingerprint density at radius 3 is 2.80 bits per heavy atom. The van der Waals surface area contributed by atoms with Crippen molar-refractivity contribution in [3.63, 3.8) is 0 Å². The van der Waals surface area contributed by atoms with Crippen molar-refractivity contribution in [1.82, 2.24) is 15.1 Å². The van der Waals surface area contributed by atoms with Gasteiger partial charge in [-0.25, -0.2) is 0 Å². The summed E-state index contributed by atoms with van der Waals surface area (Å²) in [5.74, 6) is 1.75. The lowest BCUT2D eigenvalue weighted by atomic mass is 10.1. The molecule has 1 atom stereocenters. The number of likely N-dealkylation sites (tertiary alicyclic amines) is 1. The van der Waals surface area contributed by atoms with Crippen molar-refractivity contribution >= 4 is 5.91 Å². The first-order valence-electron chi connectivity index (χ1n) is 9.19. The summed E-state index contributed by atoms with van der Waals surface area (Å²) in [4.78, 5) is 16.5. The van der Waals surface area contributed by atoms with Crippen molar-refractivity contribution in [2.45, 2.75) is 38.6 Å². The average Bonchev–Trinajstić information content (AvgIpc) is 3.08. The van der Waals surface area contributed by atoms with Gasteiger partial charge in [0.1, 0.15) is 0 Å². The van der Waals surface area contributed by atoms with E-state index in [1.165, 1.54) is 24.8 Å². The van der Waals surface area contributed by atoms with Gasteiger partial charge in [0, 0.05) is 6.04 Å². The van der Waals surface area contributed by atoms with E-state index in [0.29, 0.717) is 26.0 Å². The highest BCUT2D eigenvalue weighted by Gasteiger charge is 2.17. The second-order valence-corrected chi connectivity index (χ2v) is 7.09. The summed E-state index contributed by atoms with van der Waals surface area (Å²) in [7, 11) is 2.04. The van der Waals surface area contributed by atoms with Crippen LogP contribution in [-0.2, 0) is 11.2 Å². The maximum absolute atomic E-state index is 12.1. The van der Waals surface area contributed by atoms with Crippen molar-refractivity contribution in [3.05, 3.63) is 23.8 Å². The minimum Gasteiger partial charge on any atom is -0.454 e. The van der Waals surface area contributed by atoms with Crippen LogP contribution in [0.5, 0.6) is 11.5 Å². The average molecular weight is 347 g/mol. The molecular formula is C19H29N3O3. The summed E-state index contributed by atoms with van der Waals surface area (Å²) in [6, 6.07) is 6.40. The van der Waals surface area contributed by atoms with Gasteiger partial charge in [0.25, 0.3) is 0 Å². The van der Waals surface area contributed by atoms with Crippen LogP contribution >= 0.6 is 0 Å². The molecule has 0 spiro atoms. The predicted molar refractivity (Wildman–Crippen MR) is 96.8 cm³/mol. The number of piperidine rings is 1. The number of benzene rings is 1. The molecule has 1 aromatic rings. The molecule has 0 saturated carbocycles. The number of nitrogens with one attached hydrogen (secondary N) is 1. The zero-order valence-corrected chi connectivity index (χ0v) is 15.3. The van der Waals surface area contributed by atoms with Crippen molar-refractivity contribution in [3.8, 4) is 11.5 Å². The standard InChI is InChI=1S/C19H29N3O3/c1-15(10-16-6-7-17-18(11-16)25-14-24-17)21(2)13-20-19(23)12-22-8-4-3-5-9-22/h6-7,11,15H,3-5,8-10,12-14H2,1-2H3,(H,20,23). The highest BCUT2D eigenvalue weighted by Crippen LogP contribution is 2.32. The fourth-order valence-corrected chi connectivity index (χ4v) is 3.31. The molecule has 1 aromatic carbocycles. The topological polar surface area (TPSA) is 54.0 Å². The third-order valence-electron chi connectivity index (χ3n) is 5.06. The van der Waals surface area contributed by atoms with Crippen molar-refractivity contribution in [2.24, 2.45) is 0 Å². The Morgan fingerprint density at radius 1 is 1.24 bits per heavy atom. The Labute approximate surface area is 150 Å². The molecule has 138 valence electrons. The molecule has 1 amide bonds. The summed E-state index contributed by atoms with van der Waals surface area (Å²) in [5, 5.41) is 3.04. The Balaban J connectivity index is 1.41. The molecule has 0 aromatic heterocycles. The summed E-state index contributed by atoms with van der Waals surface area (Å²) < 4.78 is 10.8. The number of ether oxygens (including phenoxy) is 2. The first kappa shape index (κ1) is 18.0. The summed E-state index contributed by atoms with van der Waals surface area (Å²) in [6.45, 7) is 5.65. The van der Waals surface area contributed by atoms with E-state index in [9.17, 15) is 4.79 Å². The highest BCUT2D eigenvalue weighted by atomic mass is 16.7. The maximum Gasteiger partial charge on any atom is 0.235 e. The number of carbonyl (C=O) groups excluding carboxylic acids is 1. The SMILES string of the molecule is CC(Cc1ccc2c(c1)OCO2)N(C)CNC(=O)CN1CCCCC1. The van der Waals surface area contributed by atoms with E-state index in [-0.39, 0.29) is 5.91 Å². The zero-order chi connectivity index (χ0) is 17.6. The van der Waals surface area contributed by atoms with Crippen LogP contribution in [0.3, 0.4) is 0 Å². The highest BCUT2D eigenvalue weighted by molar-refractivity contribution is 5.77. The van der Waals surface area contributed by atoms with E-state index in [1.807, 2.05) is 19.2 Å². The van der Waals surface area contributed by atoms with Gasteiger partial charge < -0.3 is 14.8 Å². The first-order valence-corrected chi connectivity index (χ1v) is 9.19. The summed E-state index contributed by atoms with van der Waals surface area (Å²) >= 11 is 0. The third-order valence-corrected chi connectivity index (χ3v) is 5.06. The van der Waals surface area contributed by atoms with E-state index < -0.39 is 0 Å². The fraction of sp³-hybridized carbons (Fsp3) is 0.632. The lowest BCUT2D eigenvalue weighted by Gasteiger charge is -2.28. The summed E-state index contributed by atoms with van der Waals surface area (Å²) in [5.41, 5.74) is 1.21. The largest absolute Gasteiger partial charge is 0.454 e. The first-order chi connectivity index (χ1) is 12.1. The van der Waals surface area contributed by atoms with Crippen molar-refractivity contribution < 1.29 is 14.3 Å². The Kier molecular flexibility index (Phi) is 6.15. The Morgan fingerprint density at radius 2 is 2.00 bits per heavy atom. The molecule has 0 aliphatic carbocycles. The number of amides is 1. The van der Waals surface area contributed by atoms with Gasteiger partial charge >= 0.3 is 0 Å². The molecule has 1 fully saturated rings. The Hall–Kier alpha value is -1.79. The van der Waals surface area contributed by atoms with Crippen LogP contribution in [0, 0.1) is 0 Å². The molecule has 3 rings (SSSR count). The van der Waals surface area contributed by atoms with Crippen molar-refractivity contribution in [2.75, 3.05) is 40.1 Å². The number of hydrogen-bond acceptors (Lipinski definition) is 5. The molecule has 2 aliphatic rings. The normalized spacial score (nSPS) is 18.4. The predicted octanol–water partition coefficient (Wildman–Crippen LogP) is 1.84. The molecule has 1 unspecified atom stereocenters. The molecule has 0 radical (unpaired) electrons. The maximum atomic E-state index is 12.1. The minimum absolute atomic E-state index is 0.115. The molecule has 6 nitrogen and oxygen atoms in total. The fourth-order valence-electron chi connectivity index (χ4n) is 3.31. The third kappa shape index (κ3) is 5.09. The summed E-state index contributed by atoms with van der Waals surface area (Å²) in [6.07, 6.45) is 4.60. The van der Waals surface area contributed by atoms with Gasteiger partial charge in [-0.2, -0.15) is 0 Å². The van der Waals surface area contributed by atoms with Gasteiger partial charge in [-0.15, -0.1) is 0 Å². The molecule has 1 saturated heterocycles. The van der Waals surface area contributed by atoms with Gasteiger partial charge in [-0.3, -0.25) is 14.6 Å². The molecule has 25 heavy (non-hydrogen) atoms. The number of hydrogen-bond donors (Lipinski definition) is 1. The van der Waals surface area contributed by atoms with Crippen LogP contribution in [0.2, 0.25) is 0 Å². The van der Waals surface area contributed by atoms with Gasteiger partial charge in [0.05, 0.1) is 13.2 Å². The smallest absolute Gasteiger partial charge is 0.235 e. The quantitative estimate of drug-likeness (QED) is 0.763. The van der Waals surface area contributed by atoms with Gasteiger partial charge in [-0.1, -0.05) is 12.5 Å². The van der Waals surface area contributed by atoms with Crippen LogP contribution in [0.1, 0.15) is 31.7 Å². The second-order valence-electron chi connectivity index (χ2n) is 7.09. The van der Waals surface area contributed by atoms with Crippen molar-refractivity contribution in [1.29, 1.82) is 0 Å². The number of fused-ring (bicyclic) bond motifs is 1. The van der Waals surface area contributed by atoms with Crippen LogP contribution in [0.25, 0.3) is 0 Å².